The van der Waals surface area contributed by atoms with Crippen molar-refractivity contribution in [3.63, 3.8) is 0 Å². The number of rotatable bonds is 1. The standard InChI is InChI=1S/C13H9ClF3NO2S/c1-5(19)10-11(20)6-3-8(14)7(13(15,16)17)4-9(6)18-12(10)21-2/h3-4,10H,1-2H3. The molecule has 1 aliphatic heterocycles. The van der Waals surface area contributed by atoms with Crippen molar-refractivity contribution in [2.75, 3.05) is 6.26 Å². The molecule has 0 N–H and O–H groups in total. The van der Waals surface area contributed by atoms with Gasteiger partial charge in [-0.05, 0) is 25.3 Å². The van der Waals surface area contributed by atoms with Gasteiger partial charge in [0, 0.05) is 5.56 Å². The summed E-state index contributed by atoms with van der Waals surface area (Å²) < 4.78 is 38.5. The Labute approximate surface area is 127 Å². The second-order valence-corrected chi connectivity index (χ2v) is 5.64. The minimum Gasteiger partial charge on any atom is -0.299 e. The van der Waals surface area contributed by atoms with Crippen LogP contribution in [-0.2, 0) is 11.0 Å². The molecule has 2 rings (SSSR count). The van der Waals surface area contributed by atoms with Crippen LogP contribution >= 0.6 is 23.4 Å². The molecule has 1 aromatic rings. The summed E-state index contributed by atoms with van der Waals surface area (Å²) in [7, 11) is 0. The van der Waals surface area contributed by atoms with Gasteiger partial charge in [0.05, 0.1) is 21.3 Å². The molecule has 8 heteroatoms. The van der Waals surface area contributed by atoms with Crippen LogP contribution in [-0.4, -0.2) is 22.9 Å². The molecule has 0 saturated carbocycles. The maximum absolute atomic E-state index is 12.8. The van der Waals surface area contributed by atoms with Crippen molar-refractivity contribution in [2.45, 2.75) is 13.1 Å². The van der Waals surface area contributed by atoms with E-state index in [0.717, 1.165) is 23.9 Å². The number of hydrogen-bond acceptors (Lipinski definition) is 4. The lowest BCUT2D eigenvalue weighted by Gasteiger charge is -2.22. The molecule has 0 amide bonds. The first-order valence-electron chi connectivity index (χ1n) is 5.74. The molecule has 1 unspecified atom stereocenters. The number of carbonyl (C=O) groups is 2. The van der Waals surface area contributed by atoms with Gasteiger partial charge < -0.3 is 0 Å². The topological polar surface area (TPSA) is 46.5 Å². The predicted molar refractivity (Wildman–Crippen MR) is 75.6 cm³/mol. The Kier molecular flexibility index (Phi) is 4.17. The van der Waals surface area contributed by atoms with E-state index in [9.17, 15) is 22.8 Å². The summed E-state index contributed by atoms with van der Waals surface area (Å²) in [4.78, 5) is 27.9. The van der Waals surface area contributed by atoms with E-state index >= 15 is 0 Å². The lowest BCUT2D eigenvalue weighted by atomic mass is 9.91. The number of nitrogens with zero attached hydrogens (tertiary/aromatic N) is 1. The van der Waals surface area contributed by atoms with Crippen molar-refractivity contribution in [2.24, 2.45) is 10.9 Å². The molecule has 0 fully saturated rings. The Hall–Kier alpha value is -1.34. The molecule has 1 aliphatic rings. The minimum absolute atomic E-state index is 0.0639. The molecule has 0 radical (unpaired) electrons. The van der Waals surface area contributed by atoms with Crippen LogP contribution in [0.1, 0.15) is 22.8 Å². The number of halogens is 4. The molecular weight excluding hydrogens is 327 g/mol. The number of carbonyl (C=O) groups excluding carboxylic acids is 2. The molecule has 112 valence electrons. The molecule has 0 aromatic heterocycles. The Morgan fingerprint density at radius 1 is 1.38 bits per heavy atom. The third kappa shape index (κ3) is 2.85. The number of Topliss-reactive ketones (excluding diaryl/α,β-unsaturated/α-hetero) is 2. The first kappa shape index (κ1) is 16.0. The highest BCUT2D eigenvalue weighted by molar-refractivity contribution is 8.13. The highest BCUT2D eigenvalue weighted by atomic mass is 35.5. The summed E-state index contributed by atoms with van der Waals surface area (Å²) in [5, 5.41) is -0.393. The number of aliphatic imine (C=N–C) groups is 1. The Morgan fingerprint density at radius 2 is 2.00 bits per heavy atom. The van der Waals surface area contributed by atoms with E-state index in [-0.39, 0.29) is 16.3 Å². The summed E-state index contributed by atoms with van der Waals surface area (Å²) in [6, 6.07) is 1.67. The van der Waals surface area contributed by atoms with Crippen molar-refractivity contribution in [3.8, 4) is 0 Å². The number of alkyl halides is 3. The number of fused-ring (bicyclic) bond motifs is 1. The van der Waals surface area contributed by atoms with E-state index in [4.69, 9.17) is 11.6 Å². The zero-order valence-corrected chi connectivity index (χ0v) is 12.5. The van der Waals surface area contributed by atoms with Gasteiger partial charge in [-0.25, -0.2) is 4.99 Å². The fourth-order valence-corrected chi connectivity index (χ4v) is 3.01. The van der Waals surface area contributed by atoms with Crippen LogP contribution in [0.4, 0.5) is 18.9 Å². The number of hydrogen-bond donors (Lipinski definition) is 0. The van der Waals surface area contributed by atoms with Gasteiger partial charge in [0.2, 0.25) is 0 Å². The molecule has 0 aliphatic carbocycles. The minimum atomic E-state index is -4.64. The second kappa shape index (κ2) is 5.46. The molecule has 0 saturated heterocycles. The van der Waals surface area contributed by atoms with Crippen LogP contribution in [0.15, 0.2) is 17.1 Å². The van der Waals surface area contributed by atoms with Gasteiger partial charge in [-0.3, -0.25) is 9.59 Å². The van der Waals surface area contributed by atoms with Crippen LogP contribution < -0.4 is 0 Å². The van der Waals surface area contributed by atoms with Crippen molar-refractivity contribution in [1.29, 1.82) is 0 Å². The Bertz CT molecular complexity index is 670. The average molecular weight is 336 g/mol. The molecule has 3 nitrogen and oxygen atoms in total. The quantitative estimate of drug-likeness (QED) is 0.724. The van der Waals surface area contributed by atoms with Crippen molar-refractivity contribution >= 4 is 45.7 Å². The predicted octanol–water partition coefficient (Wildman–Crippen LogP) is 4.15. The highest BCUT2D eigenvalue weighted by Gasteiger charge is 2.39. The summed E-state index contributed by atoms with van der Waals surface area (Å²) in [5.74, 6) is -2.05. The third-order valence-electron chi connectivity index (χ3n) is 3.01. The molecule has 0 spiro atoms. The van der Waals surface area contributed by atoms with Crippen LogP contribution in [0.3, 0.4) is 0 Å². The van der Waals surface area contributed by atoms with Crippen LogP contribution in [0, 0.1) is 5.92 Å². The summed E-state index contributed by atoms with van der Waals surface area (Å²) in [5.41, 5.74) is -1.23. The summed E-state index contributed by atoms with van der Waals surface area (Å²) >= 11 is 6.66. The van der Waals surface area contributed by atoms with Gasteiger partial charge >= 0.3 is 6.18 Å². The molecular formula is C13H9ClF3NO2S. The second-order valence-electron chi connectivity index (χ2n) is 4.41. The number of benzene rings is 1. The fraction of sp³-hybridized carbons (Fsp3) is 0.308. The Morgan fingerprint density at radius 3 is 2.48 bits per heavy atom. The van der Waals surface area contributed by atoms with Crippen LogP contribution in [0.5, 0.6) is 0 Å². The van der Waals surface area contributed by atoms with E-state index < -0.39 is 34.2 Å². The lowest BCUT2D eigenvalue weighted by molar-refractivity contribution is -0.137. The zero-order valence-electron chi connectivity index (χ0n) is 10.9. The highest BCUT2D eigenvalue weighted by Crippen LogP contribution is 2.41. The van der Waals surface area contributed by atoms with E-state index in [1.807, 2.05) is 0 Å². The molecule has 21 heavy (non-hydrogen) atoms. The van der Waals surface area contributed by atoms with Gasteiger partial charge in [0.15, 0.2) is 5.78 Å². The maximum Gasteiger partial charge on any atom is 0.417 e. The SMILES string of the molecule is CSC1=Nc2cc(C(F)(F)F)c(Cl)cc2C(=O)C1C(C)=O. The smallest absolute Gasteiger partial charge is 0.299 e. The molecule has 1 aromatic carbocycles. The first-order chi connectivity index (χ1) is 9.66. The van der Waals surface area contributed by atoms with E-state index in [2.05, 4.69) is 4.99 Å². The lowest BCUT2D eigenvalue weighted by Crippen LogP contribution is -2.31. The van der Waals surface area contributed by atoms with Gasteiger partial charge in [-0.1, -0.05) is 11.6 Å². The normalized spacial score (nSPS) is 18.3. The van der Waals surface area contributed by atoms with Gasteiger partial charge in [0.25, 0.3) is 0 Å². The van der Waals surface area contributed by atoms with E-state index in [0.29, 0.717) is 0 Å². The van der Waals surface area contributed by atoms with E-state index in [1.165, 1.54) is 6.92 Å². The Balaban J connectivity index is 2.67. The van der Waals surface area contributed by atoms with E-state index in [1.54, 1.807) is 6.26 Å². The third-order valence-corrected chi connectivity index (χ3v) is 4.07. The first-order valence-corrected chi connectivity index (χ1v) is 7.35. The van der Waals surface area contributed by atoms with Crippen molar-refractivity contribution < 1.29 is 22.8 Å². The molecule has 1 atom stereocenters. The maximum atomic E-state index is 12.8. The average Bonchev–Trinajstić information content (AvgIpc) is 2.36. The van der Waals surface area contributed by atoms with Crippen molar-refractivity contribution in [1.82, 2.24) is 0 Å². The van der Waals surface area contributed by atoms with Gasteiger partial charge in [-0.2, -0.15) is 13.2 Å². The largest absolute Gasteiger partial charge is 0.417 e. The van der Waals surface area contributed by atoms with Crippen LogP contribution in [0.2, 0.25) is 5.02 Å². The van der Waals surface area contributed by atoms with Crippen molar-refractivity contribution in [3.05, 3.63) is 28.3 Å². The molecule has 0 bridgehead atoms. The summed E-state index contributed by atoms with van der Waals surface area (Å²) in [6.07, 6.45) is -3.03. The molecule has 1 heterocycles. The fourth-order valence-electron chi connectivity index (χ4n) is 2.04. The monoisotopic (exact) mass is 335 g/mol. The summed E-state index contributed by atoms with van der Waals surface area (Å²) in [6.45, 7) is 1.24. The zero-order chi connectivity index (χ0) is 15.9. The van der Waals surface area contributed by atoms with Gasteiger partial charge in [0.1, 0.15) is 11.7 Å². The number of thioether (sulfide) groups is 1. The van der Waals surface area contributed by atoms with Crippen LogP contribution in [0.25, 0.3) is 0 Å². The van der Waals surface area contributed by atoms with Gasteiger partial charge in [-0.15, -0.1) is 11.8 Å². The number of ketones is 2.